The number of halogens is 2. The summed E-state index contributed by atoms with van der Waals surface area (Å²) in [5, 5.41) is 2.59. The summed E-state index contributed by atoms with van der Waals surface area (Å²) in [6.07, 6.45) is 0.280. The van der Waals surface area contributed by atoms with Gasteiger partial charge in [-0.3, -0.25) is 4.79 Å². The highest BCUT2D eigenvalue weighted by Gasteiger charge is 2.11. The van der Waals surface area contributed by atoms with Crippen LogP contribution >= 0.6 is 11.8 Å². The number of alkyl halides is 2. The van der Waals surface area contributed by atoms with Gasteiger partial charge < -0.3 is 10.1 Å². The second-order valence-electron chi connectivity index (χ2n) is 4.33. The molecular weight excluding hydrogens is 308 g/mol. The third kappa shape index (κ3) is 5.37. The van der Waals surface area contributed by atoms with E-state index in [9.17, 15) is 13.6 Å². The number of hydrogen-bond acceptors (Lipinski definition) is 3. The molecule has 3 nitrogen and oxygen atoms in total. The Kier molecular flexibility index (Phi) is 6.21. The third-order valence-corrected chi connectivity index (χ3v) is 3.73. The first-order valence-electron chi connectivity index (χ1n) is 6.66. The van der Waals surface area contributed by atoms with Crippen LogP contribution in [0, 0.1) is 0 Å². The number of carbonyl (C=O) groups excluding carboxylic acids is 1. The molecule has 0 fully saturated rings. The first kappa shape index (κ1) is 16.3. The Labute approximate surface area is 131 Å². The van der Waals surface area contributed by atoms with Crippen molar-refractivity contribution in [1.82, 2.24) is 0 Å². The van der Waals surface area contributed by atoms with Gasteiger partial charge >= 0.3 is 6.61 Å². The number of carbonyl (C=O) groups is 1. The van der Waals surface area contributed by atoms with E-state index < -0.39 is 6.61 Å². The molecule has 116 valence electrons. The van der Waals surface area contributed by atoms with E-state index in [1.807, 2.05) is 30.3 Å². The highest BCUT2D eigenvalue weighted by molar-refractivity contribution is 7.99. The Balaban J connectivity index is 1.84. The van der Waals surface area contributed by atoms with E-state index >= 15 is 0 Å². The lowest BCUT2D eigenvalue weighted by molar-refractivity contribution is -0.115. The minimum atomic E-state index is -2.92. The molecule has 0 aliphatic rings. The molecule has 22 heavy (non-hydrogen) atoms. The molecule has 1 N–H and O–H groups in total. The lowest BCUT2D eigenvalue weighted by Crippen LogP contribution is -2.14. The van der Waals surface area contributed by atoms with Gasteiger partial charge in [0.2, 0.25) is 5.91 Å². The lowest BCUT2D eigenvalue weighted by Gasteiger charge is -2.11. The monoisotopic (exact) mass is 323 g/mol. The van der Waals surface area contributed by atoms with Crippen LogP contribution in [0.4, 0.5) is 14.5 Å². The summed E-state index contributed by atoms with van der Waals surface area (Å²) in [6.45, 7) is -2.92. The van der Waals surface area contributed by atoms with Crippen LogP contribution in [0.1, 0.15) is 6.42 Å². The molecular formula is C16H15F2NO2S. The molecule has 0 radical (unpaired) electrons. The van der Waals surface area contributed by atoms with E-state index in [4.69, 9.17) is 0 Å². The smallest absolute Gasteiger partial charge is 0.387 e. The molecule has 0 unspecified atom stereocenters. The van der Waals surface area contributed by atoms with E-state index in [0.717, 1.165) is 4.90 Å². The van der Waals surface area contributed by atoms with Crippen molar-refractivity contribution in [2.45, 2.75) is 17.9 Å². The molecule has 0 aliphatic heterocycles. The number of rotatable bonds is 7. The fraction of sp³-hybridized carbons (Fsp3) is 0.188. The molecule has 2 aromatic carbocycles. The minimum absolute atomic E-state index is 0.0402. The van der Waals surface area contributed by atoms with Crippen LogP contribution in [0.3, 0.4) is 0 Å². The summed E-state index contributed by atoms with van der Waals surface area (Å²) in [6, 6.07) is 15.9. The first-order chi connectivity index (χ1) is 10.6. The van der Waals surface area contributed by atoms with Crippen LogP contribution in [0.25, 0.3) is 0 Å². The summed E-state index contributed by atoms with van der Waals surface area (Å²) < 4.78 is 28.9. The molecule has 0 aromatic heterocycles. The van der Waals surface area contributed by atoms with Gasteiger partial charge in [0.15, 0.2) is 0 Å². The van der Waals surface area contributed by atoms with Gasteiger partial charge in [-0.05, 0) is 24.3 Å². The average molecular weight is 323 g/mol. The number of benzene rings is 2. The molecule has 0 bridgehead atoms. The Morgan fingerprint density at radius 2 is 1.77 bits per heavy atom. The number of thioether (sulfide) groups is 1. The fourth-order valence-electron chi connectivity index (χ4n) is 1.76. The molecule has 0 saturated carbocycles. The summed E-state index contributed by atoms with van der Waals surface area (Å²) in [5.41, 5.74) is 0.248. The van der Waals surface area contributed by atoms with E-state index in [1.165, 1.54) is 12.1 Å². The van der Waals surface area contributed by atoms with Gasteiger partial charge in [0.05, 0.1) is 5.69 Å². The fourth-order valence-corrected chi connectivity index (χ4v) is 2.63. The molecule has 2 rings (SSSR count). The minimum Gasteiger partial charge on any atom is -0.433 e. The van der Waals surface area contributed by atoms with Gasteiger partial charge in [0, 0.05) is 17.1 Å². The molecule has 0 heterocycles. The Morgan fingerprint density at radius 3 is 2.50 bits per heavy atom. The molecule has 0 atom stereocenters. The predicted molar refractivity (Wildman–Crippen MR) is 83.5 cm³/mol. The van der Waals surface area contributed by atoms with Crippen molar-refractivity contribution in [2.75, 3.05) is 11.1 Å². The van der Waals surface area contributed by atoms with Crippen molar-refractivity contribution in [3.8, 4) is 5.75 Å². The normalized spacial score (nSPS) is 10.5. The number of nitrogens with one attached hydrogen (secondary N) is 1. The zero-order chi connectivity index (χ0) is 15.8. The van der Waals surface area contributed by atoms with Crippen LogP contribution in [0.5, 0.6) is 5.75 Å². The molecule has 0 saturated heterocycles. The van der Waals surface area contributed by atoms with E-state index in [0.29, 0.717) is 5.75 Å². The maximum Gasteiger partial charge on any atom is 0.387 e. The molecule has 0 aliphatic carbocycles. The molecule has 1 amide bonds. The average Bonchev–Trinajstić information content (AvgIpc) is 2.50. The van der Waals surface area contributed by atoms with Crippen LogP contribution in [-0.4, -0.2) is 18.3 Å². The second-order valence-corrected chi connectivity index (χ2v) is 5.50. The summed E-state index contributed by atoms with van der Waals surface area (Å²) >= 11 is 1.56. The van der Waals surface area contributed by atoms with E-state index in [1.54, 1.807) is 23.9 Å². The third-order valence-electron chi connectivity index (χ3n) is 2.72. The Bertz CT molecular complexity index is 608. The van der Waals surface area contributed by atoms with Crippen molar-refractivity contribution >= 4 is 23.4 Å². The van der Waals surface area contributed by atoms with Crippen LogP contribution in [-0.2, 0) is 4.79 Å². The second kappa shape index (κ2) is 8.38. The van der Waals surface area contributed by atoms with E-state index in [-0.39, 0.29) is 23.8 Å². The van der Waals surface area contributed by atoms with Gasteiger partial charge in [0.1, 0.15) is 5.75 Å². The number of anilines is 1. The summed E-state index contributed by atoms with van der Waals surface area (Å²) in [5.74, 6) is 0.323. The molecule has 6 heteroatoms. The Morgan fingerprint density at radius 1 is 1.09 bits per heavy atom. The topological polar surface area (TPSA) is 38.3 Å². The molecule has 2 aromatic rings. The first-order valence-corrected chi connectivity index (χ1v) is 7.65. The van der Waals surface area contributed by atoms with Crippen molar-refractivity contribution in [3.05, 3.63) is 54.6 Å². The SMILES string of the molecule is O=C(CCSc1ccccc1)Nc1ccccc1OC(F)F. The zero-order valence-electron chi connectivity index (χ0n) is 11.7. The van der Waals surface area contributed by atoms with Gasteiger partial charge in [0.25, 0.3) is 0 Å². The standard InChI is InChI=1S/C16H15F2NO2S/c17-16(18)21-14-9-5-4-8-13(14)19-15(20)10-11-22-12-6-2-1-3-7-12/h1-9,16H,10-11H2,(H,19,20). The van der Waals surface area contributed by atoms with Crippen LogP contribution < -0.4 is 10.1 Å². The van der Waals surface area contributed by atoms with Crippen LogP contribution in [0.15, 0.2) is 59.5 Å². The summed E-state index contributed by atoms with van der Waals surface area (Å²) in [4.78, 5) is 13.0. The van der Waals surface area contributed by atoms with Crippen LogP contribution in [0.2, 0.25) is 0 Å². The number of amides is 1. The van der Waals surface area contributed by atoms with E-state index in [2.05, 4.69) is 10.1 Å². The summed E-state index contributed by atoms with van der Waals surface area (Å²) in [7, 11) is 0. The van der Waals surface area contributed by atoms with Gasteiger partial charge in [-0.25, -0.2) is 0 Å². The lowest BCUT2D eigenvalue weighted by atomic mass is 10.3. The highest BCUT2D eigenvalue weighted by atomic mass is 32.2. The largest absolute Gasteiger partial charge is 0.433 e. The maximum absolute atomic E-state index is 12.3. The highest BCUT2D eigenvalue weighted by Crippen LogP contribution is 2.26. The van der Waals surface area contributed by atoms with Crippen molar-refractivity contribution < 1.29 is 18.3 Å². The zero-order valence-corrected chi connectivity index (χ0v) is 12.5. The predicted octanol–water partition coefficient (Wildman–Crippen LogP) is 4.41. The van der Waals surface area contributed by atoms with Crippen molar-refractivity contribution in [2.24, 2.45) is 0 Å². The van der Waals surface area contributed by atoms with Gasteiger partial charge in [-0.15, -0.1) is 11.8 Å². The maximum atomic E-state index is 12.3. The van der Waals surface area contributed by atoms with Crippen molar-refractivity contribution in [3.63, 3.8) is 0 Å². The number of ether oxygens (including phenoxy) is 1. The molecule has 0 spiro atoms. The number of para-hydroxylation sites is 2. The van der Waals surface area contributed by atoms with Gasteiger partial charge in [-0.1, -0.05) is 30.3 Å². The number of hydrogen-bond donors (Lipinski definition) is 1. The Hall–Kier alpha value is -2.08. The van der Waals surface area contributed by atoms with Gasteiger partial charge in [-0.2, -0.15) is 8.78 Å². The van der Waals surface area contributed by atoms with Crippen molar-refractivity contribution in [1.29, 1.82) is 0 Å². The quantitative estimate of drug-likeness (QED) is 0.767.